The molecular formula is BO2V. The maximum absolute atomic E-state index is 9.02. The molecule has 0 unspecified atom stereocenters. The first kappa shape index (κ1) is 4.25. The average Bonchev–Trinajstić information content (AvgIpc) is 1.37. The summed E-state index contributed by atoms with van der Waals surface area (Å²) in [5.74, 6) is 0.413. The monoisotopic (exact) mass is 93.9 g/mol. The fourth-order valence-corrected chi connectivity index (χ4v) is 0. The van der Waals surface area contributed by atoms with Crippen LogP contribution < -0.4 is 0 Å². The second-order valence-electron chi connectivity index (χ2n) is 0.211. The molecular weight excluding hydrogens is 93.8 g/mol. The van der Waals surface area contributed by atoms with Crippen LogP contribution in [0.25, 0.3) is 0 Å². The van der Waals surface area contributed by atoms with E-state index < -0.39 is 16.1 Å². The molecule has 0 aromatic rings. The summed E-state index contributed by atoms with van der Waals surface area (Å²) in [5.41, 5.74) is 0. The molecule has 0 rings (SSSR count). The quantitative estimate of drug-likeness (QED) is 0.405. The van der Waals surface area contributed by atoms with Crippen LogP contribution in [0, 0.1) is 0 Å². The molecule has 0 aliphatic heterocycles. The van der Waals surface area contributed by atoms with Crippen LogP contribution in [0.15, 0.2) is 0 Å². The van der Waals surface area contributed by atoms with Gasteiger partial charge in [-0.1, -0.05) is 0 Å². The van der Waals surface area contributed by atoms with E-state index in [1.54, 1.807) is 0 Å². The van der Waals surface area contributed by atoms with Crippen LogP contribution in [0.3, 0.4) is 0 Å². The summed E-state index contributed by atoms with van der Waals surface area (Å²) in [6.45, 7) is 0. The van der Waals surface area contributed by atoms with Crippen LogP contribution in [0.5, 0.6) is 0 Å². The van der Waals surface area contributed by atoms with Crippen molar-refractivity contribution in [2.24, 2.45) is 0 Å². The molecule has 0 fully saturated rings. The first-order chi connectivity index (χ1) is 1.91. The molecule has 20 valence electrons. The molecule has 2 nitrogen and oxygen atoms in total. The Morgan fingerprint density at radius 1 is 1.75 bits per heavy atom. The Bertz CT molecular complexity index is 27.0. The van der Waals surface area contributed by atoms with E-state index in [0.717, 1.165) is 0 Å². The van der Waals surface area contributed by atoms with Gasteiger partial charge in [-0.2, -0.15) is 0 Å². The Morgan fingerprint density at radius 2 is 2.00 bits per heavy atom. The van der Waals surface area contributed by atoms with Gasteiger partial charge in [0.25, 0.3) is 0 Å². The molecule has 0 N–H and O–H groups in total. The zero-order valence-corrected chi connectivity index (χ0v) is 3.24. The van der Waals surface area contributed by atoms with Crippen LogP contribution in [-0.2, 0) is 24.4 Å². The van der Waals surface area contributed by atoms with Gasteiger partial charge in [0, 0.05) is 0 Å². The summed E-state index contributed by atoms with van der Waals surface area (Å²) < 4.78 is 17.9. The van der Waals surface area contributed by atoms with Crippen molar-refractivity contribution >= 4 is 5.76 Å². The van der Waals surface area contributed by atoms with E-state index in [0.29, 0.717) is 5.76 Å². The maximum atomic E-state index is 9.02. The third-order valence-corrected chi connectivity index (χ3v) is 0.177. The van der Waals surface area contributed by atoms with Crippen LogP contribution in [0.2, 0.25) is 0 Å². The van der Waals surface area contributed by atoms with Gasteiger partial charge in [-0.25, -0.2) is 0 Å². The Balaban J connectivity index is 2.73. The van der Waals surface area contributed by atoms with E-state index in [1.807, 2.05) is 0 Å². The summed E-state index contributed by atoms with van der Waals surface area (Å²) in [7, 11) is 0. The first-order valence-electron chi connectivity index (χ1n) is 0.676. The molecule has 0 saturated heterocycles. The van der Waals surface area contributed by atoms with E-state index in [-0.39, 0.29) is 0 Å². The molecule has 0 aliphatic carbocycles. The van der Waals surface area contributed by atoms with Gasteiger partial charge in [-0.3, -0.25) is 0 Å². The molecule has 0 amide bonds. The number of hydrogen-bond donors (Lipinski definition) is 0. The second kappa shape index (κ2) is 3.25. The Kier molecular flexibility index (Phi) is 3.45. The topological polar surface area (TPSA) is 34.1 Å². The van der Waals surface area contributed by atoms with Gasteiger partial charge in [0.2, 0.25) is 0 Å². The van der Waals surface area contributed by atoms with Crippen molar-refractivity contribution in [1.82, 2.24) is 0 Å². The first-order valence-corrected chi connectivity index (χ1v) is 2.05. The molecule has 4 heteroatoms. The molecule has 0 bridgehead atoms. The van der Waals surface area contributed by atoms with E-state index in [2.05, 4.69) is 0 Å². The summed E-state index contributed by atoms with van der Waals surface area (Å²) >= 11 is -1.22. The Hall–Kier alpha value is 0.249. The summed E-state index contributed by atoms with van der Waals surface area (Å²) in [5, 5.41) is 0. The van der Waals surface area contributed by atoms with Crippen molar-refractivity contribution < 1.29 is 24.4 Å². The fraction of sp³-hybridized carbons (Fsp3) is 0. The predicted octanol–water partition coefficient (Wildman–Crippen LogP) is -0.621. The van der Waals surface area contributed by atoms with Gasteiger partial charge < -0.3 is 0 Å². The van der Waals surface area contributed by atoms with Crippen molar-refractivity contribution in [3.63, 3.8) is 0 Å². The molecule has 0 heterocycles. The van der Waals surface area contributed by atoms with E-state index in [9.17, 15) is 0 Å². The predicted molar refractivity (Wildman–Crippen MR) is 7.13 cm³/mol. The van der Waals surface area contributed by atoms with Gasteiger partial charge in [0.15, 0.2) is 0 Å². The van der Waals surface area contributed by atoms with Crippen LogP contribution in [0.1, 0.15) is 0 Å². The van der Waals surface area contributed by atoms with Gasteiger partial charge in [0.05, 0.1) is 0 Å². The zero-order chi connectivity index (χ0) is 3.41. The molecule has 0 spiro atoms. The van der Waals surface area contributed by atoms with Crippen LogP contribution in [0.4, 0.5) is 0 Å². The minimum atomic E-state index is -1.22. The van der Waals surface area contributed by atoms with Crippen molar-refractivity contribution in [3.8, 4) is 0 Å². The molecule has 0 aromatic heterocycles. The normalized spacial score (nSPS) is 4.00. The molecule has 0 aliphatic rings. The fourth-order valence-electron chi connectivity index (χ4n) is 0. The van der Waals surface area contributed by atoms with E-state index in [1.165, 1.54) is 0 Å². The van der Waals surface area contributed by atoms with Gasteiger partial charge >= 0.3 is 30.2 Å². The minimum absolute atomic E-state index is 0.413. The van der Waals surface area contributed by atoms with Crippen molar-refractivity contribution in [2.45, 2.75) is 0 Å². The van der Waals surface area contributed by atoms with E-state index >= 15 is 0 Å². The van der Waals surface area contributed by atoms with Gasteiger partial charge in [-0.05, 0) is 0 Å². The average molecular weight is 93.8 g/mol. The van der Waals surface area contributed by atoms with Crippen molar-refractivity contribution in [3.05, 3.63) is 0 Å². The summed E-state index contributed by atoms with van der Waals surface area (Å²) in [6.07, 6.45) is 0. The molecule has 0 aromatic carbocycles. The van der Waals surface area contributed by atoms with Gasteiger partial charge in [0.1, 0.15) is 0 Å². The van der Waals surface area contributed by atoms with Crippen molar-refractivity contribution in [1.29, 1.82) is 0 Å². The molecule has 0 atom stereocenters. The number of hydrogen-bond acceptors (Lipinski definition) is 2. The van der Waals surface area contributed by atoms with Crippen LogP contribution >= 0.6 is 0 Å². The zero-order valence-electron chi connectivity index (χ0n) is 1.84. The van der Waals surface area contributed by atoms with Crippen molar-refractivity contribution in [2.75, 3.05) is 0 Å². The molecule has 4 heavy (non-hydrogen) atoms. The Labute approximate surface area is 30.9 Å². The van der Waals surface area contributed by atoms with Gasteiger partial charge in [-0.15, -0.1) is 0 Å². The molecule has 0 radical (unpaired) electrons. The number of rotatable bonds is 1. The van der Waals surface area contributed by atoms with E-state index in [4.69, 9.17) is 8.38 Å². The molecule has 0 saturated carbocycles. The third-order valence-electron chi connectivity index (χ3n) is 0.0430. The summed E-state index contributed by atoms with van der Waals surface area (Å²) in [4.78, 5) is 0. The van der Waals surface area contributed by atoms with Crippen LogP contribution in [-0.4, -0.2) is 5.76 Å². The standard InChI is InChI=1S/BO.O.V/c1-2;;/q+1;;-1. The Morgan fingerprint density at radius 3 is 2.00 bits per heavy atom. The third kappa shape index (κ3) is 2.25. The second-order valence-corrected chi connectivity index (χ2v) is 0.869. The SMILES string of the molecule is O=[B][V]=[O]. The summed E-state index contributed by atoms with van der Waals surface area (Å²) in [6, 6.07) is 0.